The van der Waals surface area contributed by atoms with E-state index in [4.69, 9.17) is 9.47 Å². The lowest BCUT2D eigenvalue weighted by molar-refractivity contribution is -0.0119. The van der Waals surface area contributed by atoms with Gasteiger partial charge in [-0.05, 0) is 61.1 Å². The van der Waals surface area contributed by atoms with Crippen LogP contribution in [0.4, 0.5) is 0 Å². The van der Waals surface area contributed by atoms with Gasteiger partial charge in [-0.1, -0.05) is 12.1 Å². The van der Waals surface area contributed by atoms with Crippen LogP contribution in [-0.4, -0.2) is 48.8 Å². The van der Waals surface area contributed by atoms with Gasteiger partial charge in [0.2, 0.25) is 0 Å². The van der Waals surface area contributed by atoms with Gasteiger partial charge in [-0.2, -0.15) is 0 Å². The van der Waals surface area contributed by atoms with Gasteiger partial charge in [-0.3, -0.25) is 9.69 Å². The van der Waals surface area contributed by atoms with Crippen LogP contribution in [0.2, 0.25) is 0 Å². The normalized spacial score (nSPS) is 19.3. The molecular weight excluding hydrogens is 386 g/mol. The fraction of sp³-hybridized carbons (Fsp3) is 0.391. The molecule has 2 aliphatic heterocycles. The molecule has 0 saturated carbocycles. The fourth-order valence-electron chi connectivity index (χ4n) is 4.08. The predicted octanol–water partition coefficient (Wildman–Crippen LogP) is 3.95. The van der Waals surface area contributed by atoms with Crippen LogP contribution in [0.5, 0.6) is 5.75 Å². The number of nitrogens with zero attached hydrogens (tertiary/aromatic N) is 1. The quantitative estimate of drug-likeness (QED) is 0.609. The smallest absolute Gasteiger partial charge is 0.199 e. The van der Waals surface area contributed by atoms with E-state index in [9.17, 15) is 9.59 Å². The Morgan fingerprint density at radius 3 is 2.59 bits per heavy atom. The Morgan fingerprint density at radius 2 is 1.90 bits per heavy atom. The summed E-state index contributed by atoms with van der Waals surface area (Å²) in [5.41, 5.74) is 1.80. The molecule has 0 aromatic heterocycles. The van der Waals surface area contributed by atoms with Crippen LogP contribution in [0.15, 0.2) is 46.2 Å². The van der Waals surface area contributed by atoms with Gasteiger partial charge in [0.1, 0.15) is 5.75 Å². The van der Waals surface area contributed by atoms with Crippen LogP contribution in [0.1, 0.15) is 42.3 Å². The van der Waals surface area contributed by atoms with Crippen LogP contribution < -0.4 is 4.74 Å². The minimum absolute atomic E-state index is 0.0891. The minimum Gasteiger partial charge on any atom is -0.493 e. The molecule has 152 valence electrons. The molecule has 2 aliphatic rings. The molecule has 1 unspecified atom stereocenters. The zero-order chi connectivity index (χ0) is 20.6. The Bertz CT molecular complexity index is 1020. The van der Waals surface area contributed by atoms with Gasteiger partial charge in [0.25, 0.3) is 0 Å². The summed E-state index contributed by atoms with van der Waals surface area (Å²) in [5.74, 6) is 0.461. The number of ketones is 1. The van der Waals surface area contributed by atoms with Crippen LogP contribution in [0.3, 0.4) is 0 Å². The number of ether oxygens (including phenoxy) is 2. The first kappa shape index (κ1) is 20.0. The van der Waals surface area contributed by atoms with Gasteiger partial charge in [0, 0.05) is 34.0 Å². The predicted molar refractivity (Wildman–Crippen MR) is 113 cm³/mol. The first-order chi connectivity index (χ1) is 14.0. The second-order valence-corrected chi connectivity index (χ2v) is 9.31. The van der Waals surface area contributed by atoms with E-state index in [0.717, 1.165) is 23.5 Å². The summed E-state index contributed by atoms with van der Waals surface area (Å²) in [4.78, 5) is 29.2. The first-order valence-corrected chi connectivity index (χ1v) is 11.1. The molecular formula is C23H25NO4S. The van der Waals surface area contributed by atoms with E-state index in [-0.39, 0.29) is 11.3 Å². The zero-order valence-electron chi connectivity index (χ0n) is 17.0. The van der Waals surface area contributed by atoms with Crippen molar-refractivity contribution in [1.82, 2.24) is 4.90 Å². The monoisotopic (exact) mass is 411 g/mol. The number of benzene rings is 2. The van der Waals surface area contributed by atoms with E-state index < -0.39 is 10.5 Å². The second-order valence-electron chi connectivity index (χ2n) is 7.65. The summed E-state index contributed by atoms with van der Waals surface area (Å²) < 4.78 is 11.4. The number of carbonyl (C=O) groups is 1. The van der Waals surface area contributed by atoms with Crippen molar-refractivity contribution in [2.75, 3.05) is 32.9 Å². The molecule has 2 heterocycles. The standard InChI is InChI=1S/C23H25NO4S/c1-4-28-18-13-16(23(2,3)24-9-11-27-12-10-24)14-20-21(18)22(26)17-7-5-6-8-19(17)29(20)15-25/h5-8,13-14H,4,9-12H2,1-3H3. The van der Waals surface area contributed by atoms with Crippen LogP contribution in [0.25, 0.3) is 0 Å². The second kappa shape index (κ2) is 7.88. The van der Waals surface area contributed by atoms with Crippen LogP contribution in [0, 0.1) is 0 Å². The minimum atomic E-state index is -0.936. The molecule has 4 rings (SSSR count). The molecule has 0 amide bonds. The molecule has 0 bridgehead atoms. The Kier molecular flexibility index (Phi) is 5.45. The maximum atomic E-state index is 13.3. The molecule has 2 aromatic carbocycles. The summed E-state index contributed by atoms with van der Waals surface area (Å²) in [6, 6.07) is 11.3. The number of carbonyl (C=O) groups excluding carboxylic acids is 2. The molecule has 1 saturated heterocycles. The van der Waals surface area contributed by atoms with E-state index in [2.05, 4.69) is 24.0 Å². The lowest BCUT2D eigenvalue weighted by Crippen LogP contribution is -2.48. The molecule has 5 nitrogen and oxygen atoms in total. The SMILES string of the molecule is CCOc1cc(C(C)(C)N2CCOCC2)cc2c1C(=O)c1ccccc1S2=C=O. The van der Waals surface area contributed by atoms with Crippen molar-refractivity contribution < 1.29 is 19.1 Å². The van der Waals surface area contributed by atoms with E-state index >= 15 is 0 Å². The topological polar surface area (TPSA) is 55.8 Å². The Labute approximate surface area is 173 Å². The van der Waals surface area contributed by atoms with Crippen molar-refractivity contribution >= 4 is 21.5 Å². The number of hydrogen-bond donors (Lipinski definition) is 0. The van der Waals surface area contributed by atoms with Gasteiger partial charge in [0.15, 0.2) is 11.0 Å². The van der Waals surface area contributed by atoms with E-state index in [0.29, 0.717) is 41.6 Å². The summed E-state index contributed by atoms with van der Waals surface area (Å²) >= 11 is 0. The highest BCUT2D eigenvalue weighted by atomic mass is 32.2. The number of morpholine rings is 1. The molecule has 29 heavy (non-hydrogen) atoms. The molecule has 2 aromatic rings. The average molecular weight is 412 g/mol. The zero-order valence-corrected chi connectivity index (χ0v) is 17.8. The molecule has 6 heteroatoms. The van der Waals surface area contributed by atoms with Crippen molar-refractivity contribution in [2.45, 2.75) is 36.1 Å². The summed E-state index contributed by atoms with van der Waals surface area (Å²) in [7, 11) is -0.936. The fourth-order valence-corrected chi connectivity index (χ4v) is 5.73. The van der Waals surface area contributed by atoms with Crippen molar-refractivity contribution in [1.29, 1.82) is 0 Å². The summed E-state index contributed by atoms with van der Waals surface area (Å²) in [5, 5.41) is 2.20. The highest BCUT2D eigenvalue weighted by Gasteiger charge is 2.35. The van der Waals surface area contributed by atoms with E-state index in [1.807, 2.05) is 37.3 Å². The first-order valence-electron chi connectivity index (χ1n) is 9.89. The van der Waals surface area contributed by atoms with Gasteiger partial charge < -0.3 is 9.47 Å². The van der Waals surface area contributed by atoms with Gasteiger partial charge >= 0.3 is 0 Å². The molecule has 0 radical (unpaired) electrons. The number of rotatable bonds is 4. The molecule has 0 N–H and O–H groups in total. The Balaban J connectivity index is 1.92. The third-order valence-corrected chi connectivity index (χ3v) is 7.48. The van der Waals surface area contributed by atoms with Gasteiger partial charge in [-0.15, -0.1) is 0 Å². The Hall–Kier alpha value is -2.24. The summed E-state index contributed by atoms with van der Waals surface area (Å²) in [6.07, 6.45) is 0. The van der Waals surface area contributed by atoms with Crippen molar-refractivity contribution in [3.8, 4) is 5.75 Å². The van der Waals surface area contributed by atoms with Crippen molar-refractivity contribution in [2.24, 2.45) is 0 Å². The maximum Gasteiger partial charge on any atom is 0.199 e. The number of fused-ring (bicyclic) bond motifs is 2. The highest BCUT2D eigenvalue weighted by molar-refractivity contribution is 8.14. The lowest BCUT2D eigenvalue weighted by atomic mass is 9.89. The third kappa shape index (κ3) is 3.36. The Morgan fingerprint density at radius 1 is 1.17 bits per heavy atom. The van der Waals surface area contributed by atoms with Crippen LogP contribution in [-0.2, 0) is 15.1 Å². The maximum absolute atomic E-state index is 13.3. The molecule has 1 atom stereocenters. The average Bonchev–Trinajstić information content (AvgIpc) is 2.74. The summed E-state index contributed by atoms with van der Waals surface area (Å²) in [6.45, 7) is 9.74. The van der Waals surface area contributed by atoms with Crippen molar-refractivity contribution in [3.63, 3.8) is 0 Å². The van der Waals surface area contributed by atoms with E-state index in [1.165, 1.54) is 0 Å². The van der Waals surface area contributed by atoms with Gasteiger partial charge in [-0.25, -0.2) is 4.79 Å². The van der Waals surface area contributed by atoms with E-state index in [1.54, 1.807) is 6.07 Å². The highest BCUT2D eigenvalue weighted by Crippen LogP contribution is 2.49. The largest absolute Gasteiger partial charge is 0.493 e. The van der Waals surface area contributed by atoms with Crippen LogP contribution >= 0.6 is 10.5 Å². The lowest BCUT2D eigenvalue weighted by Gasteiger charge is -2.41. The molecule has 0 spiro atoms. The third-order valence-electron chi connectivity index (χ3n) is 5.76. The molecule has 1 fully saturated rings. The molecule has 0 aliphatic carbocycles. The van der Waals surface area contributed by atoms with Gasteiger partial charge in [0.05, 0.1) is 25.4 Å². The van der Waals surface area contributed by atoms with Crippen molar-refractivity contribution in [3.05, 3.63) is 53.1 Å². The number of hydrogen-bond acceptors (Lipinski definition) is 5.